The van der Waals surface area contributed by atoms with Crippen molar-refractivity contribution in [1.82, 2.24) is 4.90 Å². The summed E-state index contributed by atoms with van der Waals surface area (Å²) in [5, 5.41) is 0.501. The maximum atomic E-state index is 12.4. The summed E-state index contributed by atoms with van der Waals surface area (Å²) in [6.07, 6.45) is 0.921. The van der Waals surface area contributed by atoms with Crippen LogP contribution in [0.25, 0.3) is 0 Å². The third-order valence-corrected chi connectivity index (χ3v) is 4.17. The average molecular weight is 267 g/mol. The smallest absolute Gasteiger partial charge is 0.255 e. The van der Waals surface area contributed by atoms with Crippen molar-refractivity contribution in [1.29, 1.82) is 0 Å². The highest BCUT2D eigenvalue weighted by atomic mass is 35.5. The lowest BCUT2D eigenvalue weighted by molar-refractivity contribution is 0.0575. The van der Waals surface area contributed by atoms with Crippen LogP contribution in [0.15, 0.2) is 24.3 Å². The van der Waals surface area contributed by atoms with Gasteiger partial charge in [-0.3, -0.25) is 4.79 Å². The van der Waals surface area contributed by atoms with E-state index < -0.39 is 0 Å². The Kier molecular flexibility index (Phi) is 3.64. The first-order valence-corrected chi connectivity index (χ1v) is 6.59. The summed E-state index contributed by atoms with van der Waals surface area (Å²) in [7, 11) is 0. The number of piperidine rings is 1. The van der Waals surface area contributed by atoms with Gasteiger partial charge in [-0.1, -0.05) is 37.6 Å². The van der Waals surface area contributed by atoms with Crippen molar-refractivity contribution in [2.24, 2.45) is 11.1 Å². The Labute approximate surface area is 113 Å². The number of halogens is 1. The van der Waals surface area contributed by atoms with E-state index in [1.54, 1.807) is 17.0 Å². The second kappa shape index (κ2) is 4.90. The highest BCUT2D eigenvalue weighted by molar-refractivity contribution is 6.33. The standard InChI is InChI=1S/C14H19ClN2O/c1-14(2)7-8-17(9-12(14)16)13(18)10-5-3-4-6-11(10)15/h3-6,12H,7-9,16H2,1-2H3. The van der Waals surface area contributed by atoms with Crippen LogP contribution in [-0.4, -0.2) is 29.9 Å². The van der Waals surface area contributed by atoms with Crippen LogP contribution in [0.3, 0.4) is 0 Å². The van der Waals surface area contributed by atoms with Gasteiger partial charge in [0.05, 0.1) is 10.6 Å². The lowest BCUT2D eigenvalue weighted by Gasteiger charge is -2.42. The second-order valence-electron chi connectivity index (χ2n) is 5.58. The predicted molar refractivity (Wildman–Crippen MR) is 73.7 cm³/mol. The van der Waals surface area contributed by atoms with Gasteiger partial charge in [-0.05, 0) is 24.0 Å². The minimum atomic E-state index is -0.0217. The number of carbonyl (C=O) groups excluding carboxylic acids is 1. The monoisotopic (exact) mass is 266 g/mol. The van der Waals surface area contributed by atoms with Crippen molar-refractivity contribution in [3.63, 3.8) is 0 Å². The maximum Gasteiger partial charge on any atom is 0.255 e. The molecule has 1 aliphatic heterocycles. The van der Waals surface area contributed by atoms with Gasteiger partial charge in [0.2, 0.25) is 0 Å². The fourth-order valence-corrected chi connectivity index (χ4v) is 2.39. The third-order valence-electron chi connectivity index (χ3n) is 3.84. The molecule has 0 radical (unpaired) electrons. The van der Waals surface area contributed by atoms with E-state index in [9.17, 15) is 4.79 Å². The molecule has 1 aromatic rings. The van der Waals surface area contributed by atoms with Gasteiger partial charge in [-0.25, -0.2) is 0 Å². The first kappa shape index (κ1) is 13.4. The van der Waals surface area contributed by atoms with E-state index in [4.69, 9.17) is 17.3 Å². The number of rotatable bonds is 1. The van der Waals surface area contributed by atoms with E-state index in [1.165, 1.54) is 0 Å². The summed E-state index contributed by atoms with van der Waals surface area (Å²) in [6, 6.07) is 7.16. The molecule has 1 fully saturated rings. The zero-order chi connectivity index (χ0) is 13.3. The van der Waals surface area contributed by atoms with Crippen LogP contribution in [0, 0.1) is 5.41 Å². The van der Waals surface area contributed by atoms with Crippen molar-refractivity contribution >= 4 is 17.5 Å². The molecule has 1 aromatic carbocycles. The minimum Gasteiger partial charge on any atom is -0.337 e. The lowest BCUT2D eigenvalue weighted by Crippen LogP contribution is -2.54. The Bertz CT molecular complexity index is 459. The molecule has 1 saturated heterocycles. The summed E-state index contributed by atoms with van der Waals surface area (Å²) in [5.41, 5.74) is 6.79. The van der Waals surface area contributed by atoms with Crippen molar-refractivity contribution in [3.8, 4) is 0 Å². The van der Waals surface area contributed by atoms with Crippen molar-refractivity contribution in [3.05, 3.63) is 34.9 Å². The van der Waals surface area contributed by atoms with Crippen LogP contribution in [0.4, 0.5) is 0 Å². The summed E-state index contributed by atoms with van der Waals surface area (Å²) < 4.78 is 0. The zero-order valence-electron chi connectivity index (χ0n) is 10.8. The molecule has 0 bridgehead atoms. The van der Waals surface area contributed by atoms with Gasteiger partial charge in [-0.2, -0.15) is 0 Å². The van der Waals surface area contributed by atoms with Crippen LogP contribution in [0.2, 0.25) is 5.02 Å². The highest BCUT2D eigenvalue weighted by Crippen LogP contribution is 2.30. The molecule has 0 aliphatic carbocycles. The van der Waals surface area contributed by atoms with Crippen molar-refractivity contribution in [2.45, 2.75) is 26.3 Å². The molecule has 3 nitrogen and oxygen atoms in total. The maximum absolute atomic E-state index is 12.4. The minimum absolute atomic E-state index is 0.0117. The number of carbonyl (C=O) groups is 1. The van der Waals surface area contributed by atoms with E-state index in [0.29, 0.717) is 17.1 Å². The van der Waals surface area contributed by atoms with Gasteiger partial charge >= 0.3 is 0 Å². The van der Waals surface area contributed by atoms with Crippen LogP contribution in [0.1, 0.15) is 30.6 Å². The molecule has 1 amide bonds. The summed E-state index contributed by atoms with van der Waals surface area (Å²) in [6.45, 7) is 5.63. The van der Waals surface area contributed by atoms with Crippen LogP contribution < -0.4 is 5.73 Å². The molecular weight excluding hydrogens is 248 g/mol. The van der Waals surface area contributed by atoms with E-state index in [2.05, 4.69) is 13.8 Å². The molecule has 98 valence electrons. The van der Waals surface area contributed by atoms with Gasteiger partial charge in [-0.15, -0.1) is 0 Å². The van der Waals surface area contributed by atoms with Crippen LogP contribution in [0.5, 0.6) is 0 Å². The molecule has 2 rings (SSSR count). The molecule has 0 saturated carbocycles. The van der Waals surface area contributed by atoms with E-state index in [0.717, 1.165) is 13.0 Å². The Morgan fingerprint density at radius 2 is 2.11 bits per heavy atom. The largest absolute Gasteiger partial charge is 0.337 e. The molecule has 1 aliphatic rings. The second-order valence-corrected chi connectivity index (χ2v) is 5.98. The molecule has 0 spiro atoms. The Morgan fingerprint density at radius 3 is 2.72 bits per heavy atom. The number of hydrogen-bond acceptors (Lipinski definition) is 2. The molecule has 1 unspecified atom stereocenters. The van der Waals surface area contributed by atoms with Crippen molar-refractivity contribution < 1.29 is 4.79 Å². The molecule has 2 N–H and O–H groups in total. The third kappa shape index (κ3) is 2.52. The first-order chi connectivity index (χ1) is 8.42. The molecule has 4 heteroatoms. The number of benzene rings is 1. The van der Waals surface area contributed by atoms with Gasteiger partial charge in [0.25, 0.3) is 5.91 Å². The van der Waals surface area contributed by atoms with Gasteiger partial charge in [0, 0.05) is 19.1 Å². The fraction of sp³-hybridized carbons (Fsp3) is 0.500. The normalized spacial score (nSPS) is 22.9. The molecule has 1 heterocycles. The lowest BCUT2D eigenvalue weighted by atomic mass is 9.78. The highest BCUT2D eigenvalue weighted by Gasteiger charge is 2.35. The SMILES string of the molecule is CC1(C)CCN(C(=O)c2ccccc2Cl)CC1N. The van der Waals surface area contributed by atoms with Gasteiger partial charge in [0.1, 0.15) is 0 Å². The van der Waals surface area contributed by atoms with Crippen LogP contribution in [-0.2, 0) is 0 Å². The first-order valence-electron chi connectivity index (χ1n) is 6.21. The van der Waals surface area contributed by atoms with Crippen molar-refractivity contribution in [2.75, 3.05) is 13.1 Å². The quantitative estimate of drug-likeness (QED) is 0.849. The number of nitrogens with two attached hydrogens (primary N) is 1. The number of amides is 1. The topological polar surface area (TPSA) is 46.3 Å². The average Bonchev–Trinajstić information content (AvgIpc) is 2.32. The number of likely N-dealkylation sites (tertiary alicyclic amines) is 1. The Hall–Kier alpha value is -1.06. The summed E-state index contributed by atoms with van der Waals surface area (Å²) in [5.74, 6) is -0.0217. The van der Waals surface area contributed by atoms with E-state index >= 15 is 0 Å². The van der Waals surface area contributed by atoms with E-state index in [1.807, 2.05) is 12.1 Å². The Morgan fingerprint density at radius 1 is 1.44 bits per heavy atom. The molecule has 1 atom stereocenters. The van der Waals surface area contributed by atoms with Gasteiger partial charge in [0.15, 0.2) is 0 Å². The predicted octanol–water partition coefficient (Wildman–Crippen LogP) is 2.54. The molecule has 18 heavy (non-hydrogen) atoms. The van der Waals surface area contributed by atoms with Gasteiger partial charge < -0.3 is 10.6 Å². The number of hydrogen-bond donors (Lipinski definition) is 1. The fourth-order valence-electron chi connectivity index (χ4n) is 2.17. The van der Waals surface area contributed by atoms with Crippen LogP contribution >= 0.6 is 11.6 Å². The summed E-state index contributed by atoms with van der Waals surface area (Å²) in [4.78, 5) is 14.2. The molecule has 0 aromatic heterocycles. The molecular formula is C14H19ClN2O. The van der Waals surface area contributed by atoms with E-state index in [-0.39, 0.29) is 17.4 Å². The number of nitrogens with zero attached hydrogens (tertiary/aromatic N) is 1. The summed E-state index contributed by atoms with van der Waals surface area (Å²) >= 11 is 6.05. The Balaban J connectivity index is 2.15. The zero-order valence-corrected chi connectivity index (χ0v) is 11.6.